The highest BCUT2D eigenvalue weighted by Gasteiger charge is 2.05. The molecule has 70 valence electrons. The first-order chi connectivity index (χ1) is 6.22. The Morgan fingerprint density at radius 3 is 2.92 bits per heavy atom. The van der Waals surface area contributed by atoms with Crippen LogP contribution in [0.2, 0.25) is 0 Å². The van der Waals surface area contributed by atoms with Crippen LogP contribution in [-0.2, 0) is 6.42 Å². The largest absolute Gasteiger partial charge is 0.301 e. The third-order valence-corrected chi connectivity index (χ3v) is 2.64. The number of thiophene rings is 1. The lowest BCUT2D eigenvalue weighted by atomic mass is 10.1. The summed E-state index contributed by atoms with van der Waals surface area (Å²) >= 11 is 1.74. The van der Waals surface area contributed by atoms with Gasteiger partial charge in [-0.1, -0.05) is 5.92 Å². The molecule has 0 bridgehead atoms. The summed E-state index contributed by atoms with van der Waals surface area (Å²) in [5, 5.41) is 7.62. The van der Waals surface area contributed by atoms with E-state index in [9.17, 15) is 0 Å². The van der Waals surface area contributed by atoms with Gasteiger partial charge in [0.25, 0.3) is 0 Å². The predicted molar refractivity (Wildman–Crippen MR) is 58.9 cm³/mol. The standard InChI is InChI=1S/C11H15NS/c1-4-9(2)12-10(3)7-11-5-6-13-8-11/h1,5-6,8-10,12H,7H2,2-3H3. The van der Waals surface area contributed by atoms with Crippen molar-refractivity contribution < 1.29 is 0 Å². The van der Waals surface area contributed by atoms with E-state index in [2.05, 4.69) is 35.0 Å². The second kappa shape index (κ2) is 5.06. The van der Waals surface area contributed by atoms with Crippen molar-refractivity contribution in [1.29, 1.82) is 0 Å². The van der Waals surface area contributed by atoms with Gasteiger partial charge in [-0.25, -0.2) is 0 Å². The molecule has 2 atom stereocenters. The molecule has 0 amide bonds. The Morgan fingerprint density at radius 2 is 2.38 bits per heavy atom. The molecule has 0 saturated carbocycles. The van der Waals surface area contributed by atoms with Crippen LogP contribution in [0, 0.1) is 12.3 Å². The summed E-state index contributed by atoms with van der Waals surface area (Å²) in [6.07, 6.45) is 6.33. The van der Waals surface area contributed by atoms with E-state index in [1.54, 1.807) is 11.3 Å². The first-order valence-electron chi connectivity index (χ1n) is 4.45. The van der Waals surface area contributed by atoms with Crippen molar-refractivity contribution in [2.75, 3.05) is 0 Å². The molecule has 1 nitrogen and oxygen atoms in total. The summed E-state index contributed by atoms with van der Waals surface area (Å²) < 4.78 is 0. The highest BCUT2D eigenvalue weighted by Crippen LogP contribution is 2.08. The molecule has 2 heteroatoms. The Bertz CT molecular complexity index is 271. The van der Waals surface area contributed by atoms with Crippen LogP contribution >= 0.6 is 11.3 Å². The number of hydrogen-bond acceptors (Lipinski definition) is 2. The van der Waals surface area contributed by atoms with Crippen LogP contribution in [0.3, 0.4) is 0 Å². The zero-order valence-corrected chi connectivity index (χ0v) is 8.90. The molecule has 0 aromatic carbocycles. The smallest absolute Gasteiger partial charge is 0.0660 e. The monoisotopic (exact) mass is 193 g/mol. The van der Waals surface area contributed by atoms with Gasteiger partial charge >= 0.3 is 0 Å². The van der Waals surface area contributed by atoms with E-state index in [1.165, 1.54) is 5.56 Å². The number of rotatable bonds is 4. The molecule has 1 heterocycles. The Hall–Kier alpha value is -0.780. The lowest BCUT2D eigenvalue weighted by molar-refractivity contribution is 0.522. The van der Waals surface area contributed by atoms with Crippen LogP contribution in [0.25, 0.3) is 0 Å². The Balaban J connectivity index is 2.34. The van der Waals surface area contributed by atoms with Gasteiger partial charge in [0, 0.05) is 6.04 Å². The lowest BCUT2D eigenvalue weighted by Crippen LogP contribution is -2.34. The Kier molecular flexibility index (Phi) is 4.01. The van der Waals surface area contributed by atoms with Crippen LogP contribution in [0.1, 0.15) is 19.4 Å². The van der Waals surface area contributed by atoms with Crippen molar-refractivity contribution in [2.45, 2.75) is 32.4 Å². The molecule has 1 N–H and O–H groups in total. The van der Waals surface area contributed by atoms with E-state index in [1.807, 2.05) is 6.92 Å². The topological polar surface area (TPSA) is 12.0 Å². The van der Waals surface area contributed by atoms with Gasteiger partial charge in [-0.05, 0) is 42.7 Å². The predicted octanol–water partition coefficient (Wildman–Crippen LogP) is 2.29. The molecule has 1 aromatic heterocycles. The van der Waals surface area contributed by atoms with Crippen molar-refractivity contribution in [3.05, 3.63) is 22.4 Å². The molecule has 2 unspecified atom stereocenters. The van der Waals surface area contributed by atoms with Gasteiger partial charge in [0.2, 0.25) is 0 Å². The van der Waals surface area contributed by atoms with E-state index in [0.717, 1.165) is 6.42 Å². The maximum Gasteiger partial charge on any atom is 0.0660 e. The van der Waals surface area contributed by atoms with Crippen molar-refractivity contribution in [3.8, 4) is 12.3 Å². The highest BCUT2D eigenvalue weighted by atomic mass is 32.1. The SMILES string of the molecule is C#CC(C)NC(C)Cc1ccsc1. The van der Waals surface area contributed by atoms with E-state index in [0.29, 0.717) is 6.04 Å². The van der Waals surface area contributed by atoms with E-state index >= 15 is 0 Å². The molecule has 0 spiro atoms. The first-order valence-corrected chi connectivity index (χ1v) is 5.40. The fourth-order valence-electron chi connectivity index (χ4n) is 1.30. The zero-order chi connectivity index (χ0) is 9.68. The average Bonchev–Trinajstić information content (AvgIpc) is 2.56. The van der Waals surface area contributed by atoms with Gasteiger partial charge in [-0.3, -0.25) is 0 Å². The van der Waals surface area contributed by atoms with Gasteiger partial charge in [0.1, 0.15) is 0 Å². The minimum atomic E-state index is 0.161. The summed E-state index contributed by atoms with van der Waals surface area (Å²) in [5.41, 5.74) is 1.38. The van der Waals surface area contributed by atoms with Crippen LogP contribution < -0.4 is 5.32 Å². The summed E-state index contributed by atoms with van der Waals surface area (Å²) in [6, 6.07) is 2.76. The summed E-state index contributed by atoms with van der Waals surface area (Å²) in [4.78, 5) is 0. The zero-order valence-electron chi connectivity index (χ0n) is 8.08. The van der Waals surface area contributed by atoms with Gasteiger partial charge in [0.15, 0.2) is 0 Å². The second-order valence-electron chi connectivity index (χ2n) is 3.29. The summed E-state index contributed by atoms with van der Waals surface area (Å²) in [7, 11) is 0. The molecule has 1 aromatic rings. The fraction of sp³-hybridized carbons (Fsp3) is 0.455. The van der Waals surface area contributed by atoms with E-state index in [-0.39, 0.29) is 6.04 Å². The van der Waals surface area contributed by atoms with Crippen molar-refractivity contribution >= 4 is 11.3 Å². The maximum atomic E-state index is 5.28. The highest BCUT2D eigenvalue weighted by molar-refractivity contribution is 7.07. The third-order valence-electron chi connectivity index (χ3n) is 1.91. The third kappa shape index (κ3) is 3.63. The van der Waals surface area contributed by atoms with Gasteiger partial charge in [-0.15, -0.1) is 6.42 Å². The minimum Gasteiger partial charge on any atom is -0.301 e. The fourth-order valence-corrected chi connectivity index (χ4v) is 1.98. The average molecular weight is 193 g/mol. The minimum absolute atomic E-state index is 0.161. The number of hydrogen-bond donors (Lipinski definition) is 1. The first kappa shape index (κ1) is 10.3. The van der Waals surface area contributed by atoms with Gasteiger partial charge in [0.05, 0.1) is 6.04 Å². The van der Waals surface area contributed by atoms with Crippen molar-refractivity contribution in [2.24, 2.45) is 0 Å². The second-order valence-corrected chi connectivity index (χ2v) is 4.07. The van der Waals surface area contributed by atoms with Gasteiger partial charge < -0.3 is 5.32 Å². The van der Waals surface area contributed by atoms with Crippen LogP contribution in [-0.4, -0.2) is 12.1 Å². The van der Waals surface area contributed by atoms with Gasteiger partial charge in [-0.2, -0.15) is 11.3 Å². The molecule has 0 fully saturated rings. The number of nitrogens with one attached hydrogen (secondary N) is 1. The molecule has 1 rings (SSSR count). The molecule has 0 radical (unpaired) electrons. The van der Waals surface area contributed by atoms with Crippen LogP contribution in [0.5, 0.6) is 0 Å². The molecule has 0 saturated heterocycles. The Morgan fingerprint density at radius 1 is 1.62 bits per heavy atom. The maximum absolute atomic E-state index is 5.28. The van der Waals surface area contributed by atoms with E-state index in [4.69, 9.17) is 6.42 Å². The summed E-state index contributed by atoms with van der Waals surface area (Å²) in [5.74, 6) is 2.67. The lowest BCUT2D eigenvalue weighted by Gasteiger charge is -2.15. The van der Waals surface area contributed by atoms with Crippen molar-refractivity contribution in [3.63, 3.8) is 0 Å². The number of terminal acetylenes is 1. The van der Waals surface area contributed by atoms with Crippen molar-refractivity contribution in [1.82, 2.24) is 5.32 Å². The quantitative estimate of drug-likeness (QED) is 0.723. The molecule has 0 aliphatic carbocycles. The normalized spacial score (nSPS) is 14.8. The molecule has 13 heavy (non-hydrogen) atoms. The van der Waals surface area contributed by atoms with E-state index < -0.39 is 0 Å². The molecule has 0 aliphatic heterocycles. The summed E-state index contributed by atoms with van der Waals surface area (Å²) in [6.45, 7) is 4.16. The molecule has 0 aliphatic rings. The molecular weight excluding hydrogens is 178 g/mol. The Labute approximate surface area is 84.2 Å². The van der Waals surface area contributed by atoms with Crippen LogP contribution in [0.4, 0.5) is 0 Å². The van der Waals surface area contributed by atoms with Crippen LogP contribution in [0.15, 0.2) is 16.8 Å². The molecular formula is C11H15NS.